The molecule has 0 unspecified atom stereocenters. The Balaban J connectivity index is 1.85. The summed E-state index contributed by atoms with van der Waals surface area (Å²) in [4.78, 5) is 17.8. The maximum Gasteiger partial charge on any atom is 0.0892 e. The highest BCUT2D eigenvalue weighted by atomic mass is 14.8. The Morgan fingerprint density at radius 3 is 2.73 bits per heavy atom. The van der Waals surface area contributed by atoms with Crippen LogP contribution in [0, 0.1) is 0 Å². The van der Waals surface area contributed by atoms with Crippen LogP contribution in [-0.2, 0) is 6.42 Å². The Morgan fingerprint density at radius 1 is 1.08 bits per heavy atom. The molecule has 4 rings (SSSR count). The summed E-state index contributed by atoms with van der Waals surface area (Å²) in [5, 5.41) is 0. The summed E-state index contributed by atoms with van der Waals surface area (Å²) < 4.78 is 0. The monoisotopic (exact) mass is 340 g/mol. The normalized spacial score (nSPS) is 14.1. The van der Waals surface area contributed by atoms with E-state index in [-0.39, 0.29) is 0 Å². The molecule has 0 saturated heterocycles. The highest BCUT2D eigenvalue weighted by Gasteiger charge is 2.21. The van der Waals surface area contributed by atoms with Crippen molar-refractivity contribution >= 4 is 28.4 Å². The van der Waals surface area contributed by atoms with Gasteiger partial charge in [0.05, 0.1) is 16.7 Å². The fourth-order valence-electron chi connectivity index (χ4n) is 3.38. The molecule has 0 N–H and O–H groups in total. The van der Waals surface area contributed by atoms with Crippen molar-refractivity contribution in [3.63, 3.8) is 0 Å². The van der Waals surface area contributed by atoms with Gasteiger partial charge in [-0.2, -0.15) is 0 Å². The van der Waals surface area contributed by atoms with Crippen molar-refractivity contribution in [2.24, 2.45) is 4.99 Å². The van der Waals surface area contributed by atoms with Gasteiger partial charge < -0.3 is 0 Å². The van der Waals surface area contributed by atoms with Gasteiger partial charge in [0.15, 0.2) is 0 Å². The van der Waals surface area contributed by atoms with E-state index >= 15 is 0 Å². The van der Waals surface area contributed by atoms with Crippen molar-refractivity contribution in [3.05, 3.63) is 77.4 Å². The second kappa shape index (κ2) is 7.00. The predicted molar refractivity (Wildman–Crippen MR) is 107 cm³/mol. The van der Waals surface area contributed by atoms with Crippen molar-refractivity contribution in [2.75, 3.05) is 6.54 Å². The third-order valence-electron chi connectivity index (χ3n) is 4.61. The van der Waals surface area contributed by atoms with E-state index in [1.807, 2.05) is 32.3 Å². The van der Waals surface area contributed by atoms with E-state index in [9.17, 15) is 0 Å². The van der Waals surface area contributed by atoms with Crippen molar-refractivity contribution in [3.8, 4) is 0 Å². The molecule has 0 atom stereocenters. The van der Waals surface area contributed by atoms with Crippen LogP contribution in [0.5, 0.6) is 0 Å². The molecule has 128 valence electrons. The van der Waals surface area contributed by atoms with Crippen LogP contribution in [0.4, 0.5) is 0 Å². The molecule has 4 nitrogen and oxygen atoms in total. The number of hydrogen-bond donors (Lipinski definition) is 0. The molecule has 0 bridgehead atoms. The zero-order valence-corrected chi connectivity index (χ0v) is 15.0. The molecule has 0 radical (unpaired) electrons. The number of allylic oxidation sites excluding steroid dienone is 3. The van der Waals surface area contributed by atoms with Crippen LogP contribution >= 0.6 is 0 Å². The number of aromatic nitrogens is 3. The predicted octanol–water partition coefficient (Wildman–Crippen LogP) is 4.51. The Morgan fingerprint density at radius 2 is 1.92 bits per heavy atom. The highest BCUT2D eigenvalue weighted by Crippen LogP contribution is 2.37. The first-order chi connectivity index (χ1) is 12.8. The highest BCUT2D eigenvalue weighted by molar-refractivity contribution is 6.12. The Bertz CT molecular complexity index is 1060. The SMILES string of the molecule is C/C=C(\C=NCC)c1ccnc2c1C(c1ccc3nccnc3c1)=CC2. The van der Waals surface area contributed by atoms with E-state index in [0.717, 1.165) is 40.8 Å². The largest absolute Gasteiger partial charge is 0.293 e. The second-order valence-electron chi connectivity index (χ2n) is 6.13. The molecule has 0 amide bonds. The summed E-state index contributed by atoms with van der Waals surface area (Å²) in [7, 11) is 0. The van der Waals surface area contributed by atoms with Crippen LogP contribution in [0.3, 0.4) is 0 Å². The molecule has 1 aliphatic carbocycles. The van der Waals surface area contributed by atoms with Crippen molar-refractivity contribution in [1.29, 1.82) is 0 Å². The Kier molecular flexibility index (Phi) is 4.40. The summed E-state index contributed by atoms with van der Waals surface area (Å²) in [6.45, 7) is 4.87. The molecule has 1 aromatic carbocycles. The molecule has 0 saturated carbocycles. The van der Waals surface area contributed by atoms with E-state index in [1.165, 1.54) is 16.7 Å². The van der Waals surface area contributed by atoms with Crippen LogP contribution in [0.25, 0.3) is 22.2 Å². The number of fused-ring (bicyclic) bond motifs is 2. The van der Waals surface area contributed by atoms with Gasteiger partial charge in [-0.3, -0.25) is 19.9 Å². The van der Waals surface area contributed by atoms with Crippen molar-refractivity contribution in [1.82, 2.24) is 15.0 Å². The standard InChI is InChI=1S/C22H20N4/c1-3-15(14-23-4-2)18-9-10-24-20-8-6-17(22(18)20)16-5-7-19-21(13-16)26-12-11-25-19/h3,5-7,9-14H,4,8H2,1-2H3/b15-3+,23-14?. The lowest BCUT2D eigenvalue weighted by atomic mass is 9.93. The average Bonchev–Trinajstić information content (AvgIpc) is 3.13. The van der Waals surface area contributed by atoms with E-state index in [2.05, 4.69) is 50.3 Å². The minimum Gasteiger partial charge on any atom is -0.293 e. The first-order valence-electron chi connectivity index (χ1n) is 8.88. The summed E-state index contributed by atoms with van der Waals surface area (Å²) in [6.07, 6.45) is 12.5. The fourth-order valence-corrected chi connectivity index (χ4v) is 3.38. The topological polar surface area (TPSA) is 51.0 Å². The van der Waals surface area contributed by atoms with Crippen LogP contribution in [-0.4, -0.2) is 27.7 Å². The summed E-state index contributed by atoms with van der Waals surface area (Å²) in [6, 6.07) is 8.33. The zero-order chi connectivity index (χ0) is 17.9. The number of rotatable bonds is 4. The number of hydrogen-bond acceptors (Lipinski definition) is 4. The van der Waals surface area contributed by atoms with E-state index in [0.29, 0.717) is 0 Å². The average molecular weight is 340 g/mol. The number of nitrogens with zero attached hydrogens (tertiary/aromatic N) is 4. The van der Waals surface area contributed by atoms with E-state index in [4.69, 9.17) is 0 Å². The molecule has 0 aliphatic heterocycles. The van der Waals surface area contributed by atoms with Gasteiger partial charge in [0.2, 0.25) is 0 Å². The molecular weight excluding hydrogens is 320 g/mol. The number of benzene rings is 1. The van der Waals surface area contributed by atoms with Crippen molar-refractivity contribution in [2.45, 2.75) is 20.3 Å². The van der Waals surface area contributed by atoms with Gasteiger partial charge in [0.1, 0.15) is 0 Å². The summed E-state index contributed by atoms with van der Waals surface area (Å²) in [5.41, 5.74) is 8.78. The maximum absolute atomic E-state index is 4.60. The van der Waals surface area contributed by atoms with E-state index in [1.54, 1.807) is 12.4 Å². The van der Waals surface area contributed by atoms with E-state index < -0.39 is 0 Å². The van der Waals surface area contributed by atoms with Crippen LogP contribution in [0.1, 0.15) is 36.2 Å². The molecule has 26 heavy (non-hydrogen) atoms. The first kappa shape index (κ1) is 16.3. The lowest BCUT2D eigenvalue weighted by Gasteiger charge is -2.13. The quantitative estimate of drug-likeness (QED) is 0.657. The molecular formula is C22H20N4. The number of pyridine rings is 1. The molecule has 2 heterocycles. The van der Waals surface area contributed by atoms with Gasteiger partial charge in [0, 0.05) is 43.3 Å². The summed E-state index contributed by atoms with van der Waals surface area (Å²) >= 11 is 0. The first-order valence-corrected chi connectivity index (χ1v) is 8.88. The lowest BCUT2D eigenvalue weighted by Crippen LogP contribution is -1.99. The van der Waals surface area contributed by atoms with Gasteiger partial charge in [-0.1, -0.05) is 18.2 Å². The smallest absolute Gasteiger partial charge is 0.0892 e. The molecule has 2 aromatic heterocycles. The second-order valence-corrected chi connectivity index (χ2v) is 6.13. The molecule has 0 spiro atoms. The fraction of sp³-hybridized carbons (Fsp3) is 0.182. The lowest BCUT2D eigenvalue weighted by molar-refractivity contribution is 1.12. The van der Waals surface area contributed by atoms with Crippen LogP contribution in [0.2, 0.25) is 0 Å². The third-order valence-corrected chi connectivity index (χ3v) is 4.61. The van der Waals surface area contributed by atoms with Gasteiger partial charge in [-0.15, -0.1) is 0 Å². The molecule has 1 aliphatic rings. The Hall–Kier alpha value is -3.14. The minimum absolute atomic E-state index is 0.774. The molecule has 3 aromatic rings. The molecule has 4 heteroatoms. The van der Waals surface area contributed by atoms with Crippen molar-refractivity contribution < 1.29 is 0 Å². The van der Waals surface area contributed by atoms with Gasteiger partial charge >= 0.3 is 0 Å². The van der Waals surface area contributed by atoms with Crippen LogP contribution in [0.15, 0.2) is 60.0 Å². The Labute approximate surface area is 153 Å². The maximum atomic E-state index is 4.60. The zero-order valence-electron chi connectivity index (χ0n) is 15.0. The van der Waals surface area contributed by atoms with Crippen LogP contribution < -0.4 is 0 Å². The van der Waals surface area contributed by atoms with Gasteiger partial charge in [0.25, 0.3) is 0 Å². The minimum atomic E-state index is 0.774. The number of aliphatic imine (C=N–C) groups is 1. The third kappa shape index (κ3) is 2.84. The molecule has 0 fully saturated rings. The van der Waals surface area contributed by atoms with Gasteiger partial charge in [-0.25, -0.2) is 0 Å². The van der Waals surface area contributed by atoms with Gasteiger partial charge in [-0.05, 0) is 54.3 Å². The summed E-state index contributed by atoms with van der Waals surface area (Å²) in [5.74, 6) is 0.